The number of aryl methyl sites for hydroxylation is 1. The van der Waals surface area contributed by atoms with E-state index in [-0.39, 0.29) is 24.0 Å². The zero-order valence-electron chi connectivity index (χ0n) is 14.7. The van der Waals surface area contributed by atoms with E-state index in [2.05, 4.69) is 38.8 Å². The van der Waals surface area contributed by atoms with Gasteiger partial charge in [-0.2, -0.15) is 0 Å². The summed E-state index contributed by atoms with van der Waals surface area (Å²) in [6, 6.07) is 12.5. The highest BCUT2D eigenvalue weighted by Gasteiger charge is 2.11. The SMILES string of the molecule is CN=C(NCCc1ccc2c(c1)CCO2)NCc1cccc(C)n1.I. The smallest absolute Gasteiger partial charge is 0.191 e. The van der Waals surface area contributed by atoms with Gasteiger partial charge in [0, 0.05) is 25.7 Å². The van der Waals surface area contributed by atoms with Crippen LogP contribution in [-0.4, -0.2) is 31.1 Å². The molecule has 0 radical (unpaired) electrons. The van der Waals surface area contributed by atoms with Crippen molar-refractivity contribution in [2.75, 3.05) is 20.2 Å². The summed E-state index contributed by atoms with van der Waals surface area (Å²) in [5.41, 5.74) is 4.68. The third-order valence-electron chi connectivity index (χ3n) is 4.07. The van der Waals surface area contributed by atoms with Gasteiger partial charge in [0.05, 0.1) is 18.8 Å². The van der Waals surface area contributed by atoms with Crippen molar-refractivity contribution < 1.29 is 4.74 Å². The molecule has 134 valence electrons. The third-order valence-corrected chi connectivity index (χ3v) is 4.07. The number of hydrogen-bond acceptors (Lipinski definition) is 3. The van der Waals surface area contributed by atoms with E-state index in [1.807, 2.05) is 25.1 Å². The fraction of sp³-hybridized carbons (Fsp3) is 0.368. The van der Waals surface area contributed by atoms with Crippen molar-refractivity contribution in [3.8, 4) is 5.75 Å². The van der Waals surface area contributed by atoms with E-state index >= 15 is 0 Å². The normalized spacial score (nSPS) is 12.8. The molecule has 0 aliphatic carbocycles. The largest absolute Gasteiger partial charge is 0.493 e. The van der Waals surface area contributed by atoms with Gasteiger partial charge in [-0.1, -0.05) is 18.2 Å². The highest BCUT2D eigenvalue weighted by Crippen LogP contribution is 2.25. The molecule has 1 aliphatic heterocycles. The topological polar surface area (TPSA) is 58.5 Å². The van der Waals surface area contributed by atoms with Crippen LogP contribution in [0.25, 0.3) is 0 Å². The fourth-order valence-electron chi connectivity index (χ4n) is 2.81. The molecule has 2 heterocycles. The van der Waals surface area contributed by atoms with Crippen LogP contribution in [0.4, 0.5) is 0 Å². The summed E-state index contributed by atoms with van der Waals surface area (Å²) in [6.07, 6.45) is 1.97. The molecular weight excluding hydrogens is 427 g/mol. The highest BCUT2D eigenvalue weighted by molar-refractivity contribution is 14.0. The van der Waals surface area contributed by atoms with Gasteiger partial charge in [0.1, 0.15) is 5.75 Å². The Labute approximate surface area is 166 Å². The predicted octanol–water partition coefficient (Wildman–Crippen LogP) is 2.85. The second-order valence-electron chi connectivity index (χ2n) is 5.91. The van der Waals surface area contributed by atoms with Gasteiger partial charge < -0.3 is 15.4 Å². The van der Waals surface area contributed by atoms with Gasteiger partial charge in [-0.05, 0) is 42.7 Å². The zero-order chi connectivity index (χ0) is 16.8. The van der Waals surface area contributed by atoms with E-state index in [4.69, 9.17) is 4.74 Å². The molecule has 0 unspecified atom stereocenters. The maximum absolute atomic E-state index is 5.55. The summed E-state index contributed by atoms with van der Waals surface area (Å²) in [6.45, 7) is 4.30. The number of ether oxygens (including phenoxy) is 1. The molecule has 0 spiro atoms. The first-order valence-electron chi connectivity index (χ1n) is 8.36. The number of aliphatic imine (C=N–C) groups is 1. The van der Waals surface area contributed by atoms with Crippen LogP contribution in [0.15, 0.2) is 41.4 Å². The molecule has 1 aromatic carbocycles. The number of hydrogen-bond donors (Lipinski definition) is 2. The molecule has 0 bridgehead atoms. The summed E-state index contributed by atoms with van der Waals surface area (Å²) >= 11 is 0. The standard InChI is InChI=1S/C19H24N4O.HI/c1-14-4-3-5-17(23-14)13-22-19(20-2)21-10-8-15-6-7-18-16(12-15)9-11-24-18;/h3-7,12H,8-11,13H2,1-2H3,(H2,20,21,22);1H. The summed E-state index contributed by atoms with van der Waals surface area (Å²) in [5, 5.41) is 6.65. The molecule has 2 N–H and O–H groups in total. The van der Waals surface area contributed by atoms with Gasteiger partial charge in [0.25, 0.3) is 0 Å². The maximum atomic E-state index is 5.55. The number of nitrogens with zero attached hydrogens (tertiary/aromatic N) is 2. The third kappa shape index (κ3) is 5.59. The lowest BCUT2D eigenvalue weighted by Gasteiger charge is -2.12. The van der Waals surface area contributed by atoms with Crippen LogP contribution in [0.5, 0.6) is 5.75 Å². The van der Waals surface area contributed by atoms with Crippen LogP contribution in [-0.2, 0) is 19.4 Å². The Morgan fingerprint density at radius 1 is 1.24 bits per heavy atom. The van der Waals surface area contributed by atoms with E-state index in [0.717, 1.165) is 49.1 Å². The molecule has 5 nitrogen and oxygen atoms in total. The van der Waals surface area contributed by atoms with Gasteiger partial charge in [-0.25, -0.2) is 0 Å². The first kappa shape index (κ1) is 19.5. The first-order chi connectivity index (χ1) is 11.7. The highest BCUT2D eigenvalue weighted by atomic mass is 127. The van der Waals surface area contributed by atoms with Crippen molar-refractivity contribution in [3.63, 3.8) is 0 Å². The fourth-order valence-corrected chi connectivity index (χ4v) is 2.81. The average molecular weight is 452 g/mol. The van der Waals surface area contributed by atoms with Gasteiger partial charge in [-0.15, -0.1) is 24.0 Å². The molecule has 0 fully saturated rings. The molecular formula is C19H25IN4O. The van der Waals surface area contributed by atoms with E-state index in [9.17, 15) is 0 Å². The molecule has 25 heavy (non-hydrogen) atoms. The minimum atomic E-state index is 0. The van der Waals surface area contributed by atoms with E-state index < -0.39 is 0 Å². The Morgan fingerprint density at radius 2 is 2.12 bits per heavy atom. The van der Waals surface area contributed by atoms with Crippen molar-refractivity contribution in [2.24, 2.45) is 4.99 Å². The van der Waals surface area contributed by atoms with Crippen LogP contribution in [0.3, 0.4) is 0 Å². The molecule has 2 aromatic rings. The van der Waals surface area contributed by atoms with E-state index in [0.29, 0.717) is 6.54 Å². The number of benzene rings is 1. The van der Waals surface area contributed by atoms with Crippen molar-refractivity contribution in [3.05, 3.63) is 58.9 Å². The molecule has 0 saturated carbocycles. The minimum absolute atomic E-state index is 0. The lowest BCUT2D eigenvalue weighted by molar-refractivity contribution is 0.357. The maximum Gasteiger partial charge on any atom is 0.191 e. The minimum Gasteiger partial charge on any atom is -0.493 e. The number of nitrogens with one attached hydrogen (secondary N) is 2. The van der Waals surface area contributed by atoms with Crippen LogP contribution in [0, 0.1) is 6.92 Å². The molecule has 0 saturated heterocycles. The van der Waals surface area contributed by atoms with Crippen LogP contribution in [0.1, 0.15) is 22.5 Å². The van der Waals surface area contributed by atoms with Crippen molar-refractivity contribution in [1.82, 2.24) is 15.6 Å². The Balaban J connectivity index is 0.00000225. The van der Waals surface area contributed by atoms with Crippen LogP contribution in [0.2, 0.25) is 0 Å². The Bertz CT molecular complexity index is 733. The van der Waals surface area contributed by atoms with Gasteiger partial charge in [-0.3, -0.25) is 9.98 Å². The first-order valence-corrected chi connectivity index (χ1v) is 8.36. The second kappa shape index (κ2) is 9.60. The molecule has 3 rings (SSSR count). The van der Waals surface area contributed by atoms with Crippen molar-refractivity contribution in [1.29, 1.82) is 0 Å². The summed E-state index contributed by atoms with van der Waals surface area (Å²) < 4.78 is 5.55. The summed E-state index contributed by atoms with van der Waals surface area (Å²) in [7, 11) is 1.78. The molecule has 6 heteroatoms. The van der Waals surface area contributed by atoms with E-state index in [1.54, 1.807) is 7.05 Å². The Hall–Kier alpha value is -1.83. The quantitative estimate of drug-likeness (QED) is 0.416. The predicted molar refractivity (Wildman–Crippen MR) is 112 cm³/mol. The summed E-state index contributed by atoms with van der Waals surface area (Å²) in [5.74, 6) is 1.83. The lowest BCUT2D eigenvalue weighted by atomic mass is 10.1. The second-order valence-corrected chi connectivity index (χ2v) is 5.91. The summed E-state index contributed by atoms with van der Waals surface area (Å²) in [4.78, 5) is 8.74. The number of rotatable bonds is 5. The molecule has 1 aliphatic rings. The van der Waals surface area contributed by atoms with E-state index in [1.165, 1.54) is 11.1 Å². The van der Waals surface area contributed by atoms with Gasteiger partial charge in [0.2, 0.25) is 0 Å². The number of aromatic nitrogens is 1. The van der Waals surface area contributed by atoms with Crippen molar-refractivity contribution in [2.45, 2.75) is 26.3 Å². The number of pyridine rings is 1. The molecule has 1 aromatic heterocycles. The number of guanidine groups is 1. The number of fused-ring (bicyclic) bond motifs is 1. The molecule has 0 atom stereocenters. The Morgan fingerprint density at radius 3 is 2.92 bits per heavy atom. The van der Waals surface area contributed by atoms with Crippen LogP contribution < -0.4 is 15.4 Å². The van der Waals surface area contributed by atoms with Crippen LogP contribution >= 0.6 is 24.0 Å². The Kier molecular flexibility index (Phi) is 7.49. The molecule has 0 amide bonds. The monoisotopic (exact) mass is 452 g/mol. The average Bonchev–Trinajstić information content (AvgIpc) is 3.05. The van der Waals surface area contributed by atoms with Gasteiger partial charge >= 0.3 is 0 Å². The van der Waals surface area contributed by atoms with Crippen molar-refractivity contribution >= 4 is 29.9 Å². The number of halogens is 1. The zero-order valence-corrected chi connectivity index (χ0v) is 17.0. The van der Waals surface area contributed by atoms with Gasteiger partial charge in [0.15, 0.2) is 5.96 Å². The lowest BCUT2D eigenvalue weighted by Crippen LogP contribution is -2.38.